The second-order valence-electron chi connectivity index (χ2n) is 3.67. The van der Waals surface area contributed by atoms with Gasteiger partial charge < -0.3 is 10.4 Å². The lowest BCUT2D eigenvalue weighted by atomic mass is 10.1. The van der Waals surface area contributed by atoms with E-state index in [4.69, 9.17) is 5.11 Å². The van der Waals surface area contributed by atoms with Gasteiger partial charge in [0.15, 0.2) is 0 Å². The molecule has 1 amide bonds. The summed E-state index contributed by atoms with van der Waals surface area (Å²) in [5.41, 5.74) is 1.54. The number of carboxylic acids is 1. The molecule has 0 aliphatic carbocycles. The minimum Gasteiger partial charge on any atom is -0.480 e. The zero-order valence-electron chi connectivity index (χ0n) is 9.77. The lowest BCUT2D eigenvalue weighted by Gasteiger charge is -2.09. The zero-order valence-corrected chi connectivity index (χ0v) is 10.6. The Morgan fingerprint density at radius 1 is 1.47 bits per heavy atom. The number of hydrogen-bond acceptors (Lipinski definition) is 3. The summed E-state index contributed by atoms with van der Waals surface area (Å²) >= 11 is 1.67. The Morgan fingerprint density at radius 2 is 2.18 bits per heavy atom. The standard InChI is InChI=1S/C12H15NO3S/c1-8(12(15)16)13-11(14)10-5-3-4-9(6-10)7-17-2/h3-6,8H,7H2,1-2H3,(H,13,14)(H,15,16)/t8-/m0/s1. The molecule has 17 heavy (non-hydrogen) atoms. The number of benzene rings is 1. The van der Waals surface area contributed by atoms with Gasteiger partial charge in [-0.25, -0.2) is 0 Å². The molecule has 0 aliphatic heterocycles. The molecule has 0 bridgehead atoms. The third-order valence-electron chi connectivity index (χ3n) is 2.22. The number of carbonyl (C=O) groups excluding carboxylic acids is 1. The van der Waals surface area contributed by atoms with Crippen LogP contribution < -0.4 is 5.32 Å². The van der Waals surface area contributed by atoms with Gasteiger partial charge in [-0.05, 0) is 30.9 Å². The van der Waals surface area contributed by atoms with E-state index in [-0.39, 0.29) is 5.91 Å². The summed E-state index contributed by atoms with van der Waals surface area (Å²) in [7, 11) is 0. The van der Waals surface area contributed by atoms with E-state index in [9.17, 15) is 9.59 Å². The Kier molecular flexibility index (Phi) is 5.03. The van der Waals surface area contributed by atoms with Crippen LogP contribution in [0.3, 0.4) is 0 Å². The highest BCUT2D eigenvalue weighted by Gasteiger charge is 2.15. The van der Waals surface area contributed by atoms with Crippen molar-refractivity contribution in [2.75, 3.05) is 6.26 Å². The lowest BCUT2D eigenvalue weighted by Crippen LogP contribution is -2.38. The Bertz CT molecular complexity index is 420. The molecule has 0 fully saturated rings. The van der Waals surface area contributed by atoms with Crippen LogP contribution in [0.5, 0.6) is 0 Å². The maximum atomic E-state index is 11.7. The van der Waals surface area contributed by atoms with Gasteiger partial charge in [0.1, 0.15) is 6.04 Å². The van der Waals surface area contributed by atoms with E-state index in [0.29, 0.717) is 5.56 Å². The molecule has 0 spiro atoms. The number of aliphatic carboxylic acids is 1. The Balaban J connectivity index is 2.75. The zero-order chi connectivity index (χ0) is 12.8. The second kappa shape index (κ2) is 6.30. The highest BCUT2D eigenvalue weighted by atomic mass is 32.2. The molecule has 4 nitrogen and oxygen atoms in total. The van der Waals surface area contributed by atoms with Gasteiger partial charge in [0.2, 0.25) is 0 Å². The maximum absolute atomic E-state index is 11.7. The summed E-state index contributed by atoms with van der Waals surface area (Å²) in [6, 6.07) is 6.31. The third-order valence-corrected chi connectivity index (χ3v) is 2.84. The van der Waals surface area contributed by atoms with Crippen molar-refractivity contribution in [1.82, 2.24) is 5.32 Å². The number of amides is 1. The molecule has 92 valence electrons. The van der Waals surface area contributed by atoms with E-state index in [1.807, 2.05) is 12.3 Å². The van der Waals surface area contributed by atoms with E-state index in [2.05, 4.69) is 5.32 Å². The second-order valence-corrected chi connectivity index (χ2v) is 4.53. The van der Waals surface area contributed by atoms with E-state index >= 15 is 0 Å². The molecule has 0 unspecified atom stereocenters. The summed E-state index contributed by atoms with van der Waals surface area (Å²) in [6.07, 6.45) is 1.99. The van der Waals surface area contributed by atoms with Crippen LogP contribution in [0.1, 0.15) is 22.8 Å². The minimum atomic E-state index is -1.04. The Hall–Kier alpha value is -1.49. The van der Waals surface area contributed by atoms with Gasteiger partial charge in [0.25, 0.3) is 5.91 Å². The normalized spacial score (nSPS) is 11.9. The quantitative estimate of drug-likeness (QED) is 0.839. The largest absolute Gasteiger partial charge is 0.480 e. The fraction of sp³-hybridized carbons (Fsp3) is 0.333. The average Bonchev–Trinajstić information content (AvgIpc) is 2.29. The predicted octanol–water partition coefficient (Wildman–Crippen LogP) is 1.75. The van der Waals surface area contributed by atoms with Crippen LogP contribution in [0.2, 0.25) is 0 Å². The summed E-state index contributed by atoms with van der Waals surface area (Å²) in [5, 5.41) is 11.1. The van der Waals surface area contributed by atoms with Gasteiger partial charge in [0, 0.05) is 11.3 Å². The van der Waals surface area contributed by atoms with Crippen molar-refractivity contribution >= 4 is 23.6 Å². The highest BCUT2D eigenvalue weighted by Crippen LogP contribution is 2.11. The van der Waals surface area contributed by atoms with Gasteiger partial charge in [0.05, 0.1) is 0 Å². The van der Waals surface area contributed by atoms with Crippen LogP contribution in [0.4, 0.5) is 0 Å². The van der Waals surface area contributed by atoms with Gasteiger partial charge in [-0.3, -0.25) is 9.59 Å². The number of carbonyl (C=O) groups is 2. The maximum Gasteiger partial charge on any atom is 0.325 e. The smallest absolute Gasteiger partial charge is 0.325 e. The number of rotatable bonds is 5. The van der Waals surface area contributed by atoms with Crippen molar-refractivity contribution in [1.29, 1.82) is 0 Å². The van der Waals surface area contributed by atoms with Gasteiger partial charge in [-0.2, -0.15) is 11.8 Å². The van der Waals surface area contributed by atoms with Crippen molar-refractivity contribution in [2.45, 2.75) is 18.7 Å². The van der Waals surface area contributed by atoms with Crippen molar-refractivity contribution in [3.05, 3.63) is 35.4 Å². The predicted molar refractivity (Wildman–Crippen MR) is 68.2 cm³/mol. The Morgan fingerprint density at radius 3 is 2.76 bits per heavy atom. The van der Waals surface area contributed by atoms with Crippen molar-refractivity contribution in [2.24, 2.45) is 0 Å². The first kappa shape index (κ1) is 13.6. The molecule has 1 aromatic carbocycles. The first-order chi connectivity index (χ1) is 8.04. The van der Waals surface area contributed by atoms with Crippen molar-refractivity contribution < 1.29 is 14.7 Å². The molecule has 0 radical (unpaired) electrons. The van der Waals surface area contributed by atoms with E-state index in [0.717, 1.165) is 11.3 Å². The first-order valence-electron chi connectivity index (χ1n) is 5.16. The molecule has 0 heterocycles. The summed E-state index contributed by atoms with van der Waals surface area (Å²) < 4.78 is 0. The molecular formula is C12H15NO3S. The molecule has 0 saturated heterocycles. The van der Waals surface area contributed by atoms with Crippen molar-refractivity contribution in [3.8, 4) is 0 Å². The van der Waals surface area contributed by atoms with Crippen LogP contribution in [0.15, 0.2) is 24.3 Å². The molecule has 0 saturated carbocycles. The fourth-order valence-corrected chi connectivity index (χ4v) is 1.82. The molecule has 2 N–H and O–H groups in total. The van der Waals surface area contributed by atoms with Gasteiger partial charge in [-0.1, -0.05) is 12.1 Å². The molecule has 1 rings (SSSR count). The highest BCUT2D eigenvalue weighted by molar-refractivity contribution is 7.97. The molecule has 0 aliphatic rings. The summed E-state index contributed by atoms with van der Waals surface area (Å²) in [4.78, 5) is 22.4. The SMILES string of the molecule is CSCc1cccc(C(=O)N[C@@H](C)C(=O)O)c1. The molecule has 5 heteroatoms. The molecular weight excluding hydrogens is 238 g/mol. The number of nitrogens with one attached hydrogen (secondary N) is 1. The number of thioether (sulfide) groups is 1. The van der Waals surface area contributed by atoms with Gasteiger partial charge >= 0.3 is 5.97 Å². The topological polar surface area (TPSA) is 66.4 Å². The molecule has 1 atom stereocenters. The van der Waals surface area contributed by atoms with E-state index < -0.39 is 12.0 Å². The number of carboxylic acid groups (broad SMARTS) is 1. The minimum absolute atomic E-state index is 0.358. The molecule has 0 aromatic heterocycles. The monoisotopic (exact) mass is 253 g/mol. The van der Waals surface area contributed by atoms with Crippen LogP contribution in [0, 0.1) is 0 Å². The third kappa shape index (κ3) is 4.11. The fourth-order valence-electron chi connectivity index (χ4n) is 1.31. The number of hydrogen-bond donors (Lipinski definition) is 2. The molecule has 1 aromatic rings. The van der Waals surface area contributed by atoms with Crippen LogP contribution >= 0.6 is 11.8 Å². The Labute approximate surface area is 104 Å². The van der Waals surface area contributed by atoms with E-state index in [1.165, 1.54) is 6.92 Å². The van der Waals surface area contributed by atoms with Crippen LogP contribution in [-0.2, 0) is 10.5 Å². The van der Waals surface area contributed by atoms with Crippen molar-refractivity contribution in [3.63, 3.8) is 0 Å². The summed E-state index contributed by atoms with van der Waals surface area (Å²) in [5.74, 6) is -0.572. The van der Waals surface area contributed by atoms with Crippen LogP contribution in [-0.4, -0.2) is 29.3 Å². The average molecular weight is 253 g/mol. The summed E-state index contributed by atoms with van der Waals surface area (Å²) in [6.45, 7) is 1.44. The van der Waals surface area contributed by atoms with E-state index in [1.54, 1.807) is 30.0 Å². The lowest BCUT2D eigenvalue weighted by molar-refractivity contribution is -0.138. The first-order valence-corrected chi connectivity index (χ1v) is 6.55. The van der Waals surface area contributed by atoms with Crippen LogP contribution in [0.25, 0.3) is 0 Å². The van der Waals surface area contributed by atoms with Gasteiger partial charge in [-0.15, -0.1) is 0 Å².